The highest BCUT2D eigenvalue weighted by atomic mass is 16.5. The Morgan fingerprint density at radius 2 is 2.16 bits per heavy atom. The van der Waals surface area contributed by atoms with E-state index in [9.17, 15) is 9.90 Å². The van der Waals surface area contributed by atoms with E-state index in [1.54, 1.807) is 4.90 Å². The van der Waals surface area contributed by atoms with Gasteiger partial charge in [0.1, 0.15) is 11.4 Å². The average Bonchev–Trinajstić information content (AvgIpc) is 3.12. The highest BCUT2D eigenvalue weighted by Crippen LogP contribution is 2.44. The van der Waals surface area contributed by atoms with Gasteiger partial charge in [-0.2, -0.15) is 0 Å². The minimum atomic E-state index is -0.585. The zero-order chi connectivity index (χ0) is 13.6. The molecule has 0 radical (unpaired) electrons. The van der Waals surface area contributed by atoms with Gasteiger partial charge in [-0.1, -0.05) is 5.16 Å². The molecule has 1 aromatic heterocycles. The van der Waals surface area contributed by atoms with Crippen molar-refractivity contribution in [3.8, 4) is 0 Å². The highest BCUT2D eigenvalue weighted by Gasteiger charge is 2.52. The minimum absolute atomic E-state index is 0.116. The number of aryl methyl sites for hydroxylation is 2. The number of carbonyl (C=O) groups is 1. The molecule has 19 heavy (non-hydrogen) atoms. The largest absolute Gasteiger partial charge is 0.386 e. The van der Waals surface area contributed by atoms with Crippen molar-refractivity contribution in [1.29, 1.82) is 0 Å². The Hall–Kier alpha value is -1.36. The molecule has 0 aromatic carbocycles. The van der Waals surface area contributed by atoms with Gasteiger partial charge in [-0.3, -0.25) is 4.79 Å². The molecule has 1 saturated carbocycles. The van der Waals surface area contributed by atoms with E-state index in [0.29, 0.717) is 31.8 Å². The molecule has 1 N–H and O–H groups in total. The van der Waals surface area contributed by atoms with Crippen molar-refractivity contribution >= 4 is 5.91 Å². The van der Waals surface area contributed by atoms with Gasteiger partial charge in [-0.25, -0.2) is 0 Å². The van der Waals surface area contributed by atoms with Crippen molar-refractivity contribution in [2.75, 3.05) is 13.1 Å². The topological polar surface area (TPSA) is 66.6 Å². The van der Waals surface area contributed by atoms with Crippen molar-refractivity contribution in [2.45, 2.75) is 45.1 Å². The summed E-state index contributed by atoms with van der Waals surface area (Å²) in [4.78, 5) is 13.8. The lowest BCUT2D eigenvalue weighted by molar-refractivity contribution is -0.159. The smallest absolute Gasteiger partial charge is 0.223 e. The second-order valence-corrected chi connectivity index (χ2v) is 5.93. The lowest BCUT2D eigenvalue weighted by Gasteiger charge is -2.47. The van der Waals surface area contributed by atoms with E-state index in [4.69, 9.17) is 4.52 Å². The van der Waals surface area contributed by atoms with Crippen LogP contribution in [0, 0.1) is 19.8 Å². The number of likely N-dealkylation sites (tertiary alicyclic amines) is 1. The standard InChI is InChI=1S/C14H20N2O3/c1-9-12(10(2)19-15-9)5-6-13(17)16-7-14(18,8-16)11-3-4-11/h11,18H,3-8H2,1-2H3. The third-order valence-electron chi connectivity index (χ3n) is 4.39. The zero-order valence-corrected chi connectivity index (χ0v) is 11.5. The van der Waals surface area contributed by atoms with Gasteiger partial charge in [0.2, 0.25) is 5.91 Å². The third-order valence-corrected chi connectivity index (χ3v) is 4.39. The molecule has 2 heterocycles. The first-order chi connectivity index (χ1) is 8.99. The molecule has 1 saturated heterocycles. The summed E-state index contributed by atoms with van der Waals surface area (Å²) in [5, 5.41) is 14.1. The monoisotopic (exact) mass is 264 g/mol. The second-order valence-electron chi connectivity index (χ2n) is 5.93. The number of rotatable bonds is 4. The number of β-amino-alcohol motifs (C(OH)–C–C–N with tert-alkyl or cyclic N) is 1. The SMILES string of the molecule is Cc1noc(C)c1CCC(=O)N1CC(O)(C2CC2)C1. The number of carbonyl (C=O) groups excluding carboxylic acids is 1. The van der Waals surface area contributed by atoms with Crippen LogP contribution < -0.4 is 0 Å². The number of aromatic nitrogens is 1. The molecule has 2 fully saturated rings. The van der Waals surface area contributed by atoms with Crippen LogP contribution in [0.25, 0.3) is 0 Å². The maximum atomic E-state index is 12.0. The molecule has 1 aromatic rings. The van der Waals surface area contributed by atoms with Gasteiger partial charge in [0.05, 0.1) is 18.8 Å². The van der Waals surface area contributed by atoms with E-state index < -0.39 is 5.60 Å². The van der Waals surface area contributed by atoms with Crippen LogP contribution in [0.4, 0.5) is 0 Å². The molecule has 1 aliphatic heterocycles. The van der Waals surface area contributed by atoms with Crippen LogP contribution in [0.2, 0.25) is 0 Å². The predicted molar refractivity (Wildman–Crippen MR) is 68.6 cm³/mol. The van der Waals surface area contributed by atoms with Gasteiger partial charge >= 0.3 is 0 Å². The molecular weight excluding hydrogens is 244 g/mol. The summed E-state index contributed by atoms with van der Waals surface area (Å²) in [6.45, 7) is 4.79. The van der Waals surface area contributed by atoms with Crippen LogP contribution in [0.15, 0.2) is 4.52 Å². The van der Waals surface area contributed by atoms with Gasteiger partial charge in [-0.15, -0.1) is 0 Å². The van der Waals surface area contributed by atoms with Gasteiger partial charge in [0.25, 0.3) is 0 Å². The van der Waals surface area contributed by atoms with Crippen LogP contribution in [-0.4, -0.2) is 39.8 Å². The third kappa shape index (κ3) is 2.27. The van der Waals surface area contributed by atoms with Gasteiger partial charge in [-0.05, 0) is 39.0 Å². The number of amides is 1. The Morgan fingerprint density at radius 3 is 2.68 bits per heavy atom. The minimum Gasteiger partial charge on any atom is -0.386 e. The van der Waals surface area contributed by atoms with E-state index in [1.165, 1.54) is 0 Å². The fourth-order valence-electron chi connectivity index (χ4n) is 2.92. The predicted octanol–water partition coefficient (Wildman–Crippen LogP) is 1.21. The zero-order valence-electron chi connectivity index (χ0n) is 11.5. The average molecular weight is 264 g/mol. The molecular formula is C14H20N2O3. The Balaban J connectivity index is 1.50. The van der Waals surface area contributed by atoms with Gasteiger partial charge in [0, 0.05) is 12.0 Å². The maximum absolute atomic E-state index is 12.0. The van der Waals surface area contributed by atoms with Crippen molar-refractivity contribution in [2.24, 2.45) is 5.92 Å². The molecule has 2 aliphatic rings. The van der Waals surface area contributed by atoms with Crippen molar-refractivity contribution < 1.29 is 14.4 Å². The van der Waals surface area contributed by atoms with Crippen LogP contribution >= 0.6 is 0 Å². The van der Waals surface area contributed by atoms with Crippen molar-refractivity contribution in [1.82, 2.24) is 10.1 Å². The molecule has 0 spiro atoms. The normalized spacial score (nSPS) is 21.3. The van der Waals surface area contributed by atoms with Crippen molar-refractivity contribution in [3.05, 3.63) is 17.0 Å². The van der Waals surface area contributed by atoms with Crippen LogP contribution in [0.1, 0.15) is 36.3 Å². The summed E-state index contributed by atoms with van der Waals surface area (Å²) < 4.78 is 5.09. The second kappa shape index (κ2) is 4.34. The molecule has 0 atom stereocenters. The molecule has 0 unspecified atom stereocenters. The molecule has 104 valence electrons. The molecule has 1 aliphatic carbocycles. The van der Waals surface area contributed by atoms with E-state index in [2.05, 4.69) is 5.16 Å². The first-order valence-corrected chi connectivity index (χ1v) is 6.91. The summed E-state index contributed by atoms with van der Waals surface area (Å²) >= 11 is 0. The van der Waals surface area contributed by atoms with E-state index in [0.717, 1.165) is 29.9 Å². The number of nitrogens with zero attached hydrogens (tertiary/aromatic N) is 2. The molecule has 0 bridgehead atoms. The Kier molecular flexibility index (Phi) is 2.89. The number of aliphatic hydroxyl groups is 1. The van der Waals surface area contributed by atoms with Crippen molar-refractivity contribution in [3.63, 3.8) is 0 Å². The van der Waals surface area contributed by atoms with Crippen LogP contribution in [-0.2, 0) is 11.2 Å². The maximum Gasteiger partial charge on any atom is 0.223 e. The van der Waals surface area contributed by atoms with E-state index >= 15 is 0 Å². The summed E-state index contributed by atoms with van der Waals surface area (Å²) in [7, 11) is 0. The van der Waals surface area contributed by atoms with E-state index in [-0.39, 0.29) is 5.91 Å². The Bertz CT molecular complexity index is 479. The Morgan fingerprint density at radius 1 is 1.47 bits per heavy atom. The van der Waals surface area contributed by atoms with Crippen LogP contribution in [0.3, 0.4) is 0 Å². The summed E-state index contributed by atoms with van der Waals surface area (Å²) in [6, 6.07) is 0. The molecule has 5 nitrogen and oxygen atoms in total. The molecule has 5 heteroatoms. The summed E-state index contributed by atoms with van der Waals surface area (Å²) in [5.74, 6) is 1.34. The quantitative estimate of drug-likeness (QED) is 0.887. The van der Waals surface area contributed by atoms with Gasteiger partial charge < -0.3 is 14.5 Å². The number of hydrogen-bond donors (Lipinski definition) is 1. The molecule has 1 amide bonds. The summed E-state index contributed by atoms with van der Waals surface area (Å²) in [5.41, 5.74) is 1.31. The lowest BCUT2D eigenvalue weighted by atomic mass is 9.88. The fraction of sp³-hybridized carbons (Fsp3) is 0.714. The number of hydrogen-bond acceptors (Lipinski definition) is 4. The lowest BCUT2D eigenvalue weighted by Crippen LogP contribution is -2.64. The summed E-state index contributed by atoms with van der Waals surface area (Å²) in [6.07, 6.45) is 3.34. The molecule has 3 rings (SSSR count). The first-order valence-electron chi connectivity index (χ1n) is 6.91. The van der Waals surface area contributed by atoms with E-state index in [1.807, 2.05) is 13.8 Å². The van der Waals surface area contributed by atoms with Gasteiger partial charge in [0.15, 0.2) is 0 Å². The van der Waals surface area contributed by atoms with Crippen LogP contribution in [0.5, 0.6) is 0 Å². The first kappa shape index (κ1) is 12.7. The highest BCUT2D eigenvalue weighted by molar-refractivity contribution is 5.77. The Labute approximate surface area is 112 Å². The fourth-order valence-corrected chi connectivity index (χ4v) is 2.92.